The first-order chi connectivity index (χ1) is 6.83. The van der Waals surface area contributed by atoms with E-state index in [-0.39, 0.29) is 0 Å². The van der Waals surface area contributed by atoms with Crippen molar-refractivity contribution in [3.05, 3.63) is 18.1 Å². The smallest absolute Gasteiger partial charge is 0.216 e. The van der Waals surface area contributed by atoms with Gasteiger partial charge in [0.15, 0.2) is 0 Å². The Hall–Kier alpha value is -1.16. The summed E-state index contributed by atoms with van der Waals surface area (Å²) >= 11 is 0. The van der Waals surface area contributed by atoms with Crippen molar-refractivity contribution < 1.29 is 9.47 Å². The number of hydrogen-bond donors (Lipinski definition) is 0. The van der Waals surface area contributed by atoms with Crippen LogP contribution in [0.4, 0.5) is 0 Å². The molecule has 0 amide bonds. The highest BCUT2D eigenvalue weighted by atomic mass is 16.5. The summed E-state index contributed by atoms with van der Waals surface area (Å²) in [5, 5.41) is 0. The molecule has 0 bridgehead atoms. The van der Waals surface area contributed by atoms with E-state index in [2.05, 4.69) is 9.97 Å². The minimum Gasteiger partial charge on any atom is -0.475 e. The molecular formula is C10H18N2O2. The van der Waals surface area contributed by atoms with Crippen LogP contribution in [0, 0.1) is 6.92 Å². The average molecular weight is 198 g/mol. The Kier molecular flexibility index (Phi) is 7.74. The fourth-order valence-electron chi connectivity index (χ4n) is 0.739. The van der Waals surface area contributed by atoms with Crippen molar-refractivity contribution in [3.8, 4) is 5.88 Å². The van der Waals surface area contributed by atoms with Gasteiger partial charge in [-0.2, -0.15) is 0 Å². The fraction of sp³-hybridized carbons (Fsp3) is 0.600. The third-order valence-electron chi connectivity index (χ3n) is 1.32. The highest BCUT2D eigenvalue weighted by Crippen LogP contribution is 2.04. The van der Waals surface area contributed by atoms with Crippen molar-refractivity contribution in [2.24, 2.45) is 0 Å². The van der Waals surface area contributed by atoms with Gasteiger partial charge in [-0.1, -0.05) is 13.8 Å². The number of rotatable bonds is 4. The maximum atomic E-state index is 5.25. The zero-order valence-corrected chi connectivity index (χ0v) is 9.28. The molecule has 14 heavy (non-hydrogen) atoms. The molecule has 0 aliphatic heterocycles. The molecule has 1 aromatic heterocycles. The van der Waals surface area contributed by atoms with Crippen LogP contribution in [0.3, 0.4) is 0 Å². The highest BCUT2D eigenvalue weighted by molar-refractivity contribution is 5.11. The molecule has 0 aliphatic rings. The topological polar surface area (TPSA) is 44.2 Å². The van der Waals surface area contributed by atoms with Crippen molar-refractivity contribution in [1.29, 1.82) is 0 Å². The molecule has 0 aliphatic carbocycles. The lowest BCUT2D eigenvalue weighted by Gasteiger charge is -2.03. The van der Waals surface area contributed by atoms with E-state index in [1.165, 1.54) is 6.33 Å². The van der Waals surface area contributed by atoms with Gasteiger partial charge >= 0.3 is 0 Å². The van der Waals surface area contributed by atoms with Gasteiger partial charge in [0.2, 0.25) is 5.88 Å². The summed E-state index contributed by atoms with van der Waals surface area (Å²) in [6.07, 6.45) is 1.48. The Labute approximate surface area is 85.3 Å². The molecule has 1 aromatic rings. The van der Waals surface area contributed by atoms with Crippen molar-refractivity contribution in [2.75, 3.05) is 20.3 Å². The molecule has 0 N–H and O–H groups in total. The second kappa shape index (κ2) is 8.44. The van der Waals surface area contributed by atoms with Gasteiger partial charge in [0.05, 0.1) is 6.61 Å². The molecule has 80 valence electrons. The number of nitrogens with zero attached hydrogens (tertiary/aromatic N) is 2. The van der Waals surface area contributed by atoms with E-state index in [1.807, 2.05) is 20.8 Å². The normalized spacial score (nSPS) is 8.86. The van der Waals surface area contributed by atoms with Crippen LogP contribution in [0.2, 0.25) is 0 Å². The zero-order valence-electron chi connectivity index (χ0n) is 9.28. The standard InChI is InChI=1S/C8H12N2O2.C2H6/c1-7-5-8(10-6-9-7)12-4-3-11-2;1-2/h5-6H,3-4H2,1-2H3;1-2H3. The first-order valence-corrected chi connectivity index (χ1v) is 4.73. The van der Waals surface area contributed by atoms with Crippen molar-refractivity contribution in [1.82, 2.24) is 9.97 Å². The minimum absolute atomic E-state index is 0.521. The number of ether oxygens (including phenoxy) is 2. The van der Waals surface area contributed by atoms with Crippen molar-refractivity contribution in [3.63, 3.8) is 0 Å². The third kappa shape index (κ3) is 5.48. The molecule has 4 heteroatoms. The molecule has 0 saturated carbocycles. The van der Waals surface area contributed by atoms with E-state index < -0.39 is 0 Å². The molecule has 4 nitrogen and oxygen atoms in total. The molecule has 0 radical (unpaired) electrons. The third-order valence-corrected chi connectivity index (χ3v) is 1.32. The van der Waals surface area contributed by atoms with Gasteiger partial charge in [0.25, 0.3) is 0 Å². The largest absolute Gasteiger partial charge is 0.475 e. The zero-order chi connectivity index (χ0) is 10.8. The maximum absolute atomic E-state index is 5.25. The highest BCUT2D eigenvalue weighted by Gasteiger charge is 1.94. The quantitative estimate of drug-likeness (QED) is 0.692. The molecular weight excluding hydrogens is 180 g/mol. The lowest BCUT2D eigenvalue weighted by Crippen LogP contribution is -2.05. The van der Waals surface area contributed by atoms with Gasteiger partial charge < -0.3 is 9.47 Å². The fourth-order valence-corrected chi connectivity index (χ4v) is 0.739. The lowest BCUT2D eigenvalue weighted by molar-refractivity contribution is 0.143. The Balaban J connectivity index is 0.000000791. The summed E-state index contributed by atoms with van der Waals surface area (Å²) in [5.74, 6) is 0.597. The molecule has 0 fully saturated rings. The first-order valence-electron chi connectivity index (χ1n) is 4.73. The maximum Gasteiger partial charge on any atom is 0.216 e. The molecule has 0 aromatic carbocycles. The molecule has 0 unspecified atom stereocenters. The Morgan fingerprint density at radius 2 is 1.93 bits per heavy atom. The number of aryl methyl sites for hydroxylation is 1. The van der Waals surface area contributed by atoms with E-state index in [0.717, 1.165) is 5.69 Å². The summed E-state index contributed by atoms with van der Waals surface area (Å²) < 4.78 is 10.1. The Bertz CT molecular complexity index is 241. The second-order valence-corrected chi connectivity index (χ2v) is 2.34. The molecule has 0 atom stereocenters. The molecule has 1 rings (SSSR count). The summed E-state index contributed by atoms with van der Waals surface area (Å²) in [4.78, 5) is 7.87. The van der Waals surface area contributed by atoms with E-state index in [1.54, 1.807) is 13.2 Å². The predicted octanol–water partition coefficient (Wildman–Crippen LogP) is 1.84. The first kappa shape index (κ1) is 12.8. The number of methoxy groups -OCH3 is 1. The molecule has 0 spiro atoms. The second-order valence-electron chi connectivity index (χ2n) is 2.34. The van der Waals surface area contributed by atoms with Crippen LogP contribution in [-0.2, 0) is 4.74 Å². The van der Waals surface area contributed by atoms with Gasteiger partial charge in [0.1, 0.15) is 12.9 Å². The van der Waals surface area contributed by atoms with Crippen molar-refractivity contribution in [2.45, 2.75) is 20.8 Å². The van der Waals surface area contributed by atoms with Crippen LogP contribution in [0.5, 0.6) is 5.88 Å². The van der Waals surface area contributed by atoms with Crippen LogP contribution in [-0.4, -0.2) is 30.3 Å². The summed E-state index contributed by atoms with van der Waals surface area (Å²) in [5.41, 5.74) is 0.900. The van der Waals surface area contributed by atoms with E-state index in [4.69, 9.17) is 9.47 Å². The monoisotopic (exact) mass is 198 g/mol. The Morgan fingerprint density at radius 3 is 2.50 bits per heavy atom. The van der Waals surface area contributed by atoms with Crippen LogP contribution in [0.1, 0.15) is 19.5 Å². The molecule has 0 saturated heterocycles. The van der Waals surface area contributed by atoms with Crippen LogP contribution in [0.25, 0.3) is 0 Å². The Morgan fingerprint density at radius 1 is 1.21 bits per heavy atom. The van der Waals surface area contributed by atoms with Gasteiger partial charge in [0, 0.05) is 18.9 Å². The average Bonchev–Trinajstić information content (AvgIpc) is 2.21. The minimum atomic E-state index is 0.521. The summed E-state index contributed by atoms with van der Waals surface area (Å²) in [6, 6.07) is 1.79. The number of aromatic nitrogens is 2. The van der Waals surface area contributed by atoms with Crippen LogP contribution < -0.4 is 4.74 Å². The SMILES string of the molecule is CC.COCCOc1cc(C)ncn1. The van der Waals surface area contributed by atoms with Crippen LogP contribution in [0.15, 0.2) is 12.4 Å². The predicted molar refractivity (Wildman–Crippen MR) is 55.5 cm³/mol. The van der Waals surface area contributed by atoms with Gasteiger partial charge in [-0.25, -0.2) is 9.97 Å². The van der Waals surface area contributed by atoms with E-state index in [9.17, 15) is 0 Å². The summed E-state index contributed by atoms with van der Waals surface area (Å²) in [7, 11) is 1.63. The van der Waals surface area contributed by atoms with Gasteiger partial charge in [-0.05, 0) is 6.92 Å². The number of hydrogen-bond acceptors (Lipinski definition) is 4. The van der Waals surface area contributed by atoms with E-state index in [0.29, 0.717) is 19.1 Å². The van der Waals surface area contributed by atoms with Crippen LogP contribution >= 0.6 is 0 Å². The van der Waals surface area contributed by atoms with Gasteiger partial charge in [-0.3, -0.25) is 0 Å². The molecule has 1 heterocycles. The van der Waals surface area contributed by atoms with E-state index >= 15 is 0 Å². The van der Waals surface area contributed by atoms with Gasteiger partial charge in [-0.15, -0.1) is 0 Å². The summed E-state index contributed by atoms with van der Waals surface area (Å²) in [6.45, 7) is 6.99. The lowest BCUT2D eigenvalue weighted by atomic mass is 10.4. The van der Waals surface area contributed by atoms with Crippen molar-refractivity contribution >= 4 is 0 Å².